The third-order valence-electron chi connectivity index (χ3n) is 4.95. The summed E-state index contributed by atoms with van der Waals surface area (Å²) < 4.78 is 11.2. The fraction of sp³-hybridized carbons (Fsp3) is 0.273. The molecule has 0 spiro atoms. The van der Waals surface area contributed by atoms with E-state index in [4.69, 9.17) is 8.83 Å². The Labute approximate surface area is 192 Å². The number of carbonyl (C=O) groups is 1. The second-order valence-corrected chi connectivity index (χ2v) is 6.79. The SMILES string of the molecule is CN=C(NCc1ccc(-c2ccccc2)o1)N1CCN(C(=O)c2ccco2)CC1.I. The van der Waals surface area contributed by atoms with Crippen LogP contribution in [0.15, 0.2) is 74.7 Å². The molecule has 158 valence electrons. The first-order chi connectivity index (χ1) is 14.2. The fourth-order valence-corrected chi connectivity index (χ4v) is 3.41. The monoisotopic (exact) mass is 520 g/mol. The van der Waals surface area contributed by atoms with Crippen LogP contribution in [-0.4, -0.2) is 54.9 Å². The molecule has 3 aromatic rings. The zero-order valence-electron chi connectivity index (χ0n) is 16.8. The summed E-state index contributed by atoms with van der Waals surface area (Å²) in [5.74, 6) is 2.81. The van der Waals surface area contributed by atoms with E-state index in [9.17, 15) is 4.79 Å². The molecule has 1 aliphatic heterocycles. The van der Waals surface area contributed by atoms with Gasteiger partial charge in [-0.2, -0.15) is 0 Å². The largest absolute Gasteiger partial charge is 0.459 e. The van der Waals surface area contributed by atoms with Crippen LogP contribution in [0.25, 0.3) is 11.3 Å². The second kappa shape index (κ2) is 10.3. The van der Waals surface area contributed by atoms with Crippen molar-refractivity contribution in [2.45, 2.75) is 6.54 Å². The fourth-order valence-electron chi connectivity index (χ4n) is 3.41. The van der Waals surface area contributed by atoms with Crippen LogP contribution < -0.4 is 5.32 Å². The Hall–Kier alpha value is -2.75. The molecule has 1 aliphatic rings. The van der Waals surface area contributed by atoms with E-state index >= 15 is 0 Å². The van der Waals surface area contributed by atoms with E-state index in [2.05, 4.69) is 15.2 Å². The summed E-state index contributed by atoms with van der Waals surface area (Å²) in [6, 6.07) is 17.4. The van der Waals surface area contributed by atoms with Crippen molar-refractivity contribution in [1.29, 1.82) is 0 Å². The van der Waals surface area contributed by atoms with Crippen LogP contribution in [-0.2, 0) is 6.54 Å². The maximum absolute atomic E-state index is 12.4. The van der Waals surface area contributed by atoms with E-state index in [1.807, 2.05) is 42.5 Å². The van der Waals surface area contributed by atoms with Crippen LogP contribution in [0, 0.1) is 0 Å². The number of halogens is 1. The number of guanidine groups is 1. The van der Waals surface area contributed by atoms with Gasteiger partial charge in [0.05, 0.1) is 12.8 Å². The minimum atomic E-state index is -0.0679. The number of hydrogen-bond acceptors (Lipinski definition) is 4. The quantitative estimate of drug-likeness (QED) is 0.323. The van der Waals surface area contributed by atoms with E-state index in [1.54, 1.807) is 24.1 Å². The number of benzene rings is 1. The molecule has 2 aromatic heterocycles. The summed E-state index contributed by atoms with van der Waals surface area (Å²) in [6.45, 7) is 3.21. The van der Waals surface area contributed by atoms with Gasteiger partial charge in [0.25, 0.3) is 5.91 Å². The molecular formula is C22H25IN4O3. The number of hydrogen-bond donors (Lipinski definition) is 1. The molecular weight excluding hydrogens is 495 g/mol. The molecule has 1 N–H and O–H groups in total. The van der Waals surface area contributed by atoms with Crippen molar-refractivity contribution in [3.63, 3.8) is 0 Å². The molecule has 1 saturated heterocycles. The molecule has 7 nitrogen and oxygen atoms in total. The summed E-state index contributed by atoms with van der Waals surface area (Å²) >= 11 is 0. The Kier molecular flexibility index (Phi) is 7.56. The lowest BCUT2D eigenvalue weighted by atomic mass is 10.2. The average Bonchev–Trinajstić information content (AvgIpc) is 3.47. The number of carbonyl (C=O) groups excluding carboxylic acids is 1. The van der Waals surface area contributed by atoms with E-state index in [1.165, 1.54) is 6.26 Å². The van der Waals surface area contributed by atoms with Crippen LogP contribution in [0.1, 0.15) is 16.3 Å². The summed E-state index contributed by atoms with van der Waals surface area (Å²) in [4.78, 5) is 20.7. The Morgan fingerprint density at radius 2 is 1.73 bits per heavy atom. The highest BCUT2D eigenvalue weighted by molar-refractivity contribution is 14.0. The summed E-state index contributed by atoms with van der Waals surface area (Å²) in [5, 5.41) is 3.35. The molecule has 0 radical (unpaired) electrons. The van der Waals surface area contributed by atoms with Crippen LogP contribution in [0.2, 0.25) is 0 Å². The average molecular weight is 520 g/mol. The van der Waals surface area contributed by atoms with Crippen molar-refractivity contribution in [3.05, 3.63) is 72.4 Å². The van der Waals surface area contributed by atoms with Crippen LogP contribution in [0.5, 0.6) is 0 Å². The molecule has 4 rings (SSSR count). The third kappa shape index (κ3) is 5.05. The predicted molar refractivity (Wildman–Crippen MR) is 126 cm³/mol. The van der Waals surface area contributed by atoms with E-state index in [0.717, 1.165) is 23.0 Å². The van der Waals surface area contributed by atoms with Crippen LogP contribution in [0.4, 0.5) is 0 Å². The number of aliphatic imine (C=N–C) groups is 1. The van der Waals surface area contributed by atoms with Gasteiger partial charge in [0, 0.05) is 38.8 Å². The van der Waals surface area contributed by atoms with Gasteiger partial charge in [-0.25, -0.2) is 0 Å². The summed E-state index contributed by atoms with van der Waals surface area (Å²) in [7, 11) is 1.76. The molecule has 1 amide bonds. The number of rotatable bonds is 4. The van der Waals surface area contributed by atoms with Gasteiger partial charge < -0.3 is 24.0 Å². The minimum absolute atomic E-state index is 0. The summed E-state index contributed by atoms with van der Waals surface area (Å²) in [5.41, 5.74) is 1.06. The second-order valence-electron chi connectivity index (χ2n) is 6.79. The number of furan rings is 2. The molecule has 1 aromatic carbocycles. The Bertz CT molecular complexity index is 961. The first-order valence-corrected chi connectivity index (χ1v) is 9.67. The van der Waals surface area contributed by atoms with Crippen molar-refractivity contribution in [2.75, 3.05) is 33.2 Å². The highest BCUT2D eigenvalue weighted by Gasteiger charge is 2.25. The topological polar surface area (TPSA) is 74.2 Å². The van der Waals surface area contributed by atoms with Crippen molar-refractivity contribution in [1.82, 2.24) is 15.1 Å². The molecule has 0 unspecified atom stereocenters. The Morgan fingerprint density at radius 3 is 2.40 bits per heavy atom. The predicted octanol–water partition coefficient (Wildman–Crippen LogP) is 3.69. The van der Waals surface area contributed by atoms with Crippen LogP contribution in [0.3, 0.4) is 0 Å². The zero-order valence-corrected chi connectivity index (χ0v) is 19.1. The van der Waals surface area contributed by atoms with Crippen molar-refractivity contribution < 1.29 is 13.6 Å². The summed E-state index contributed by atoms with van der Waals surface area (Å²) in [6.07, 6.45) is 1.52. The molecule has 0 atom stereocenters. The molecule has 0 saturated carbocycles. The standard InChI is InChI=1S/C22H24N4O3.HI/c1-23-22(24-16-18-9-10-19(29-18)17-6-3-2-4-7-17)26-13-11-25(12-14-26)21(27)20-8-5-15-28-20;/h2-10,15H,11-14,16H2,1H3,(H,23,24);1H. The number of amides is 1. The normalized spacial score (nSPS) is 14.4. The molecule has 0 bridgehead atoms. The van der Waals surface area contributed by atoms with Gasteiger partial charge in [0.1, 0.15) is 11.5 Å². The van der Waals surface area contributed by atoms with Gasteiger partial charge in [-0.3, -0.25) is 9.79 Å². The van der Waals surface area contributed by atoms with E-state index in [0.29, 0.717) is 38.5 Å². The van der Waals surface area contributed by atoms with Gasteiger partial charge in [0.15, 0.2) is 11.7 Å². The van der Waals surface area contributed by atoms with E-state index < -0.39 is 0 Å². The van der Waals surface area contributed by atoms with Gasteiger partial charge in [-0.15, -0.1) is 24.0 Å². The lowest BCUT2D eigenvalue weighted by Crippen LogP contribution is -2.53. The lowest BCUT2D eigenvalue weighted by Gasteiger charge is -2.36. The maximum atomic E-state index is 12.4. The van der Waals surface area contributed by atoms with Crippen molar-refractivity contribution >= 4 is 35.8 Å². The van der Waals surface area contributed by atoms with Gasteiger partial charge in [-0.05, 0) is 24.3 Å². The lowest BCUT2D eigenvalue weighted by molar-refractivity contribution is 0.0657. The molecule has 30 heavy (non-hydrogen) atoms. The zero-order chi connectivity index (χ0) is 20.1. The number of nitrogens with one attached hydrogen (secondary N) is 1. The first kappa shape index (κ1) is 21.9. The first-order valence-electron chi connectivity index (χ1n) is 9.67. The third-order valence-corrected chi connectivity index (χ3v) is 4.95. The molecule has 0 aliphatic carbocycles. The van der Waals surface area contributed by atoms with Crippen molar-refractivity contribution in [2.24, 2.45) is 4.99 Å². The van der Waals surface area contributed by atoms with Gasteiger partial charge in [-0.1, -0.05) is 30.3 Å². The molecule has 3 heterocycles. The van der Waals surface area contributed by atoms with E-state index in [-0.39, 0.29) is 29.9 Å². The Morgan fingerprint density at radius 1 is 1.00 bits per heavy atom. The highest BCUT2D eigenvalue weighted by atomic mass is 127. The van der Waals surface area contributed by atoms with Crippen LogP contribution >= 0.6 is 24.0 Å². The number of piperazine rings is 1. The molecule has 1 fully saturated rings. The smallest absolute Gasteiger partial charge is 0.289 e. The minimum Gasteiger partial charge on any atom is -0.459 e. The highest BCUT2D eigenvalue weighted by Crippen LogP contribution is 2.21. The van der Waals surface area contributed by atoms with Gasteiger partial charge >= 0.3 is 0 Å². The van der Waals surface area contributed by atoms with Crippen molar-refractivity contribution in [3.8, 4) is 11.3 Å². The number of nitrogens with zero attached hydrogens (tertiary/aromatic N) is 3. The molecule has 8 heteroatoms. The maximum Gasteiger partial charge on any atom is 0.289 e. The Balaban J connectivity index is 0.00000256. The van der Waals surface area contributed by atoms with Gasteiger partial charge in [0.2, 0.25) is 0 Å².